The monoisotopic (exact) mass is 255 g/mol. The largest absolute Gasteiger partial charge is 0.478 e. The van der Waals surface area contributed by atoms with Crippen molar-refractivity contribution in [3.63, 3.8) is 0 Å². The molecule has 0 bridgehead atoms. The van der Waals surface area contributed by atoms with Crippen molar-refractivity contribution in [2.45, 2.75) is 12.8 Å². The lowest BCUT2D eigenvalue weighted by molar-refractivity contribution is -0.116. The number of aromatic carboxylic acids is 1. The van der Waals surface area contributed by atoms with Crippen molar-refractivity contribution >= 4 is 17.6 Å². The molecule has 1 amide bonds. The van der Waals surface area contributed by atoms with E-state index in [0.717, 1.165) is 12.1 Å². The van der Waals surface area contributed by atoms with Crippen LogP contribution in [0.15, 0.2) is 18.2 Å². The minimum absolute atomic E-state index is 0.258. The SMILES string of the molecule is COCCCC(=O)Nc1ccc(F)c(C(=O)O)c1. The topological polar surface area (TPSA) is 75.6 Å². The standard InChI is InChI=1S/C12H14FNO4/c1-18-6-2-3-11(15)14-8-4-5-10(13)9(7-8)12(16)17/h4-5,7H,2-3,6H2,1H3,(H,14,15)(H,16,17). The molecular weight excluding hydrogens is 241 g/mol. The molecule has 6 heteroatoms. The van der Waals surface area contributed by atoms with Crippen molar-refractivity contribution in [3.8, 4) is 0 Å². The summed E-state index contributed by atoms with van der Waals surface area (Å²) in [5, 5.41) is 11.2. The Bertz CT molecular complexity index is 448. The Morgan fingerprint density at radius 1 is 1.44 bits per heavy atom. The first kappa shape index (κ1) is 14.1. The van der Waals surface area contributed by atoms with Crippen molar-refractivity contribution < 1.29 is 23.8 Å². The molecule has 0 atom stereocenters. The summed E-state index contributed by atoms with van der Waals surface area (Å²) in [7, 11) is 1.54. The van der Waals surface area contributed by atoms with Crippen molar-refractivity contribution in [1.29, 1.82) is 0 Å². The molecule has 1 rings (SSSR count). The molecule has 1 aromatic carbocycles. The number of carboxylic acid groups (broad SMARTS) is 1. The first-order chi connectivity index (χ1) is 8.54. The molecule has 0 fully saturated rings. The number of hydrogen-bond donors (Lipinski definition) is 2. The van der Waals surface area contributed by atoms with E-state index in [2.05, 4.69) is 5.32 Å². The van der Waals surface area contributed by atoms with E-state index in [4.69, 9.17) is 9.84 Å². The molecule has 0 radical (unpaired) electrons. The molecule has 0 unspecified atom stereocenters. The summed E-state index contributed by atoms with van der Waals surface area (Å²) < 4.78 is 17.9. The molecule has 98 valence electrons. The second-order valence-corrected chi connectivity index (χ2v) is 3.64. The maximum Gasteiger partial charge on any atom is 0.338 e. The van der Waals surface area contributed by atoms with E-state index in [-0.39, 0.29) is 18.0 Å². The van der Waals surface area contributed by atoms with Gasteiger partial charge in [0.05, 0.1) is 5.56 Å². The molecule has 5 nitrogen and oxygen atoms in total. The lowest BCUT2D eigenvalue weighted by Gasteiger charge is -2.06. The van der Waals surface area contributed by atoms with Crippen LogP contribution in [-0.4, -0.2) is 30.7 Å². The van der Waals surface area contributed by atoms with Gasteiger partial charge in [-0.25, -0.2) is 9.18 Å². The number of carbonyl (C=O) groups is 2. The lowest BCUT2D eigenvalue weighted by atomic mass is 10.2. The summed E-state index contributed by atoms with van der Waals surface area (Å²) in [6.45, 7) is 0.469. The summed E-state index contributed by atoms with van der Waals surface area (Å²) in [5.74, 6) is -2.47. The lowest BCUT2D eigenvalue weighted by Crippen LogP contribution is -2.13. The smallest absolute Gasteiger partial charge is 0.338 e. The fraction of sp³-hybridized carbons (Fsp3) is 0.333. The predicted molar refractivity (Wildman–Crippen MR) is 63.1 cm³/mol. The molecule has 18 heavy (non-hydrogen) atoms. The first-order valence-corrected chi connectivity index (χ1v) is 5.36. The molecule has 0 spiro atoms. The number of hydrogen-bond acceptors (Lipinski definition) is 3. The molecule has 0 aromatic heterocycles. The van der Waals surface area contributed by atoms with Crippen LogP contribution < -0.4 is 5.32 Å². The molecule has 0 aliphatic heterocycles. The predicted octanol–water partition coefficient (Wildman–Crippen LogP) is 1.89. The van der Waals surface area contributed by atoms with Crippen molar-refractivity contribution in [2.75, 3.05) is 19.0 Å². The molecule has 0 saturated heterocycles. The summed E-state index contributed by atoms with van der Waals surface area (Å²) in [4.78, 5) is 22.1. The highest BCUT2D eigenvalue weighted by Crippen LogP contribution is 2.15. The van der Waals surface area contributed by atoms with Crippen LogP contribution >= 0.6 is 0 Å². The van der Waals surface area contributed by atoms with E-state index in [9.17, 15) is 14.0 Å². The highest BCUT2D eigenvalue weighted by Gasteiger charge is 2.11. The van der Waals surface area contributed by atoms with Crippen molar-refractivity contribution in [2.24, 2.45) is 0 Å². The fourth-order valence-corrected chi connectivity index (χ4v) is 1.37. The number of amides is 1. The van der Waals surface area contributed by atoms with Gasteiger partial charge in [0.15, 0.2) is 0 Å². The third-order valence-corrected chi connectivity index (χ3v) is 2.23. The van der Waals surface area contributed by atoms with Crippen LogP contribution in [0.4, 0.5) is 10.1 Å². The average molecular weight is 255 g/mol. The van der Waals surface area contributed by atoms with Gasteiger partial charge in [-0.2, -0.15) is 0 Å². The van der Waals surface area contributed by atoms with Crippen LogP contribution in [0.2, 0.25) is 0 Å². The molecule has 0 aliphatic carbocycles. The van der Waals surface area contributed by atoms with Gasteiger partial charge < -0.3 is 15.2 Å². The molecule has 0 saturated carbocycles. The highest BCUT2D eigenvalue weighted by molar-refractivity contribution is 5.94. The summed E-state index contributed by atoms with van der Waals surface area (Å²) in [6, 6.07) is 3.41. The molecular formula is C12H14FNO4. The van der Waals surface area contributed by atoms with Gasteiger partial charge in [-0.1, -0.05) is 0 Å². The Morgan fingerprint density at radius 3 is 2.78 bits per heavy atom. The van der Waals surface area contributed by atoms with Gasteiger partial charge in [-0.15, -0.1) is 0 Å². The zero-order chi connectivity index (χ0) is 13.5. The van der Waals surface area contributed by atoms with E-state index in [1.165, 1.54) is 13.2 Å². The van der Waals surface area contributed by atoms with Crippen LogP contribution in [0, 0.1) is 5.82 Å². The van der Waals surface area contributed by atoms with Crippen LogP contribution in [0.5, 0.6) is 0 Å². The van der Waals surface area contributed by atoms with E-state index < -0.39 is 17.3 Å². The van der Waals surface area contributed by atoms with Crippen LogP contribution in [0.25, 0.3) is 0 Å². The zero-order valence-electron chi connectivity index (χ0n) is 9.90. The normalized spacial score (nSPS) is 10.1. The van der Waals surface area contributed by atoms with Crippen LogP contribution in [-0.2, 0) is 9.53 Å². The third kappa shape index (κ3) is 4.14. The Morgan fingerprint density at radius 2 is 2.17 bits per heavy atom. The van der Waals surface area contributed by atoms with Crippen LogP contribution in [0.1, 0.15) is 23.2 Å². The Hall–Kier alpha value is -1.95. The average Bonchev–Trinajstić information content (AvgIpc) is 2.31. The number of methoxy groups -OCH3 is 1. The number of rotatable bonds is 6. The third-order valence-electron chi connectivity index (χ3n) is 2.23. The van der Waals surface area contributed by atoms with Gasteiger partial charge in [0.25, 0.3) is 0 Å². The highest BCUT2D eigenvalue weighted by atomic mass is 19.1. The van der Waals surface area contributed by atoms with Gasteiger partial charge in [0.2, 0.25) is 5.91 Å². The summed E-state index contributed by atoms with van der Waals surface area (Å²) in [6.07, 6.45) is 0.822. The Kier molecular flexibility index (Phi) is 5.26. The number of benzene rings is 1. The molecule has 0 aliphatic rings. The Labute approximate surface area is 104 Å². The quantitative estimate of drug-likeness (QED) is 0.761. The maximum absolute atomic E-state index is 13.1. The second-order valence-electron chi connectivity index (χ2n) is 3.64. The number of nitrogens with one attached hydrogen (secondary N) is 1. The van der Waals surface area contributed by atoms with Gasteiger partial charge in [0.1, 0.15) is 5.82 Å². The van der Waals surface area contributed by atoms with E-state index in [1.807, 2.05) is 0 Å². The number of carboxylic acids is 1. The van der Waals surface area contributed by atoms with Gasteiger partial charge in [-0.3, -0.25) is 4.79 Å². The van der Waals surface area contributed by atoms with E-state index in [0.29, 0.717) is 13.0 Å². The molecule has 2 N–H and O–H groups in total. The minimum atomic E-state index is -1.37. The number of anilines is 1. The van der Waals surface area contributed by atoms with E-state index >= 15 is 0 Å². The van der Waals surface area contributed by atoms with Crippen molar-refractivity contribution in [3.05, 3.63) is 29.6 Å². The van der Waals surface area contributed by atoms with Gasteiger partial charge in [0, 0.05) is 25.8 Å². The number of ether oxygens (including phenoxy) is 1. The van der Waals surface area contributed by atoms with Gasteiger partial charge in [-0.05, 0) is 24.6 Å². The summed E-state index contributed by atoms with van der Waals surface area (Å²) in [5.41, 5.74) is -0.207. The zero-order valence-corrected chi connectivity index (χ0v) is 9.90. The minimum Gasteiger partial charge on any atom is -0.478 e. The van der Waals surface area contributed by atoms with Crippen LogP contribution in [0.3, 0.4) is 0 Å². The molecule has 0 heterocycles. The molecule has 1 aromatic rings. The van der Waals surface area contributed by atoms with Crippen molar-refractivity contribution in [1.82, 2.24) is 0 Å². The summed E-state index contributed by atoms with van der Waals surface area (Å²) >= 11 is 0. The maximum atomic E-state index is 13.1. The van der Waals surface area contributed by atoms with E-state index in [1.54, 1.807) is 0 Å². The van der Waals surface area contributed by atoms with Gasteiger partial charge >= 0.3 is 5.97 Å². The Balaban J connectivity index is 2.65. The second kappa shape index (κ2) is 6.70. The number of carbonyl (C=O) groups excluding carboxylic acids is 1. The first-order valence-electron chi connectivity index (χ1n) is 5.36. The fourth-order valence-electron chi connectivity index (χ4n) is 1.37. The number of halogens is 1.